The van der Waals surface area contributed by atoms with Crippen molar-refractivity contribution in [3.8, 4) is 44.9 Å². The topological polar surface area (TPSA) is 51.8 Å². The summed E-state index contributed by atoms with van der Waals surface area (Å²) in [5.74, 6) is 2.10. The Kier molecular flexibility index (Phi) is 17.4. The van der Waals surface area contributed by atoms with Gasteiger partial charge in [-0.05, 0) is 124 Å². The van der Waals surface area contributed by atoms with Crippen LogP contribution < -0.4 is 5.19 Å². The van der Waals surface area contributed by atoms with E-state index in [0.29, 0.717) is 11.8 Å². The summed E-state index contributed by atoms with van der Waals surface area (Å²) in [7, 11) is -1.33. The summed E-state index contributed by atoms with van der Waals surface area (Å²) in [5, 5.41) is 3.82. The van der Waals surface area contributed by atoms with Crippen molar-refractivity contribution in [1.29, 1.82) is 0 Å². The minimum atomic E-state index is -1.33. The zero-order valence-corrected chi connectivity index (χ0v) is 46.2. The number of hydrogen-bond acceptors (Lipinski definition) is 4. The van der Waals surface area contributed by atoms with E-state index in [1.54, 1.807) is 0 Å². The molecular formula is C64H71IrN3OSi. The summed E-state index contributed by atoms with van der Waals surface area (Å²) in [6, 6.07) is 55.2. The van der Waals surface area contributed by atoms with E-state index >= 15 is 0 Å². The van der Waals surface area contributed by atoms with Crippen LogP contribution in [0.4, 0.5) is 0 Å². The van der Waals surface area contributed by atoms with Crippen molar-refractivity contribution >= 4 is 35.2 Å². The molecule has 1 fully saturated rings. The molecular weight excluding hydrogens is 1050 g/mol. The second-order valence-electron chi connectivity index (χ2n) is 21.4. The molecule has 1 aliphatic rings. The van der Waals surface area contributed by atoms with Gasteiger partial charge in [-0.1, -0.05) is 189 Å². The van der Waals surface area contributed by atoms with Gasteiger partial charge in [0.2, 0.25) is 0 Å². The largest absolute Gasteiger partial charge is 0.455 e. The molecule has 1 saturated carbocycles. The molecule has 6 heteroatoms. The standard InChI is InChI=1S/C31H29NO.C18H25NSi.C15H17N.Ir/c1-31(2,22-12-6-7-13-22)23-18-19-32-27(20-23)25-17-16-24(21-10-4-3-5-11-21)29-26-14-8-9-15-28(26)33-30(25)29;1-14(2)11-16-12-17(15-9-7-6-8-10-15)19-13-18(16)20(3,4)5;1-12(2)10-13-8-9-16-15(11-13)14-6-4-3-5-7-14;/h3-5,8-11,14-20,22H,6-7,12-13H2,1-2H3;6-10,12-14H,11H2,1-5H3;3-9,11-12H,10H2,1-2H3;. The summed E-state index contributed by atoms with van der Waals surface area (Å²) in [4.78, 5) is 13.9. The first-order valence-electron chi connectivity index (χ1n) is 25.3. The van der Waals surface area contributed by atoms with Crippen LogP contribution in [0.25, 0.3) is 66.8 Å². The molecule has 1 radical (unpaired) electrons. The van der Waals surface area contributed by atoms with Gasteiger partial charge in [-0.2, -0.15) is 0 Å². The van der Waals surface area contributed by atoms with Crippen LogP contribution in [0.15, 0.2) is 181 Å². The summed E-state index contributed by atoms with van der Waals surface area (Å²) in [6.45, 7) is 21.1. The predicted octanol–water partition coefficient (Wildman–Crippen LogP) is 17.2. The molecule has 4 aromatic heterocycles. The number of aromatic nitrogens is 3. The molecule has 0 atom stereocenters. The van der Waals surface area contributed by atoms with Crippen molar-refractivity contribution in [2.24, 2.45) is 17.8 Å². The Labute approximate surface area is 432 Å². The molecule has 0 bridgehead atoms. The molecule has 1 aliphatic carbocycles. The first kappa shape index (κ1) is 52.1. The van der Waals surface area contributed by atoms with Crippen LogP contribution in [0.2, 0.25) is 19.6 Å². The number of pyridine rings is 3. The van der Waals surface area contributed by atoms with Gasteiger partial charge < -0.3 is 4.42 Å². The van der Waals surface area contributed by atoms with Crippen molar-refractivity contribution in [3.63, 3.8) is 0 Å². The van der Waals surface area contributed by atoms with Crippen molar-refractivity contribution in [2.45, 2.75) is 105 Å². The molecule has 0 unspecified atom stereocenters. The smallest absolute Gasteiger partial charge is 0.145 e. The van der Waals surface area contributed by atoms with E-state index in [1.807, 2.05) is 36.7 Å². The average molecular weight is 1120 g/mol. The normalized spacial score (nSPS) is 12.9. The Balaban J connectivity index is 0.000000167. The minimum Gasteiger partial charge on any atom is -0.455 e. The summed E-state index contributed by atoms with van der Waals surface area (Å²) < 4.78 is 6.49. The van der Waals surface area contributed by atoms with Crippen LogP contribution in [0, 0.1) is 17.8 Å². The maximum absolute atomic E-state index is 6.49. The number of furan rings is 1. The van der Waals surface area contributed by atoms with Crippen molar-refractivity contribution < 1.29 is 24.5 Å². The van der Waals surface area contributed by atoms with Gasteiger partial charge in [0, 0.05) is 66.2 Å². The predicted molar refractivity (Wildman–Crippen MR) is 297 cm³/mol. The average Bonchev–Trinajstić information content (AvgIpc) is 4.05. The minimum absolute atomic E-state index is 0. The van der Waals surface area contributed by atoms with Gasteiger partial charge in [-0.3, -0.25) is 15.0 Å². The monoisotopic (exact) mass is 1120 g/mol. The van der Waals surface area contributed by atoms with Gasteiger partial charge in [0.25, 0.3) is 0 Å². The number of fused-ring (bicyclic) bond motifs is 3. The molecule has 70 heavy (non-hydrogen) atoms. The van der Waals surface area contributed by atoms with Gasteiger partial charge in [-0.25, -0.2) is 0 Å². The quantitative estimate of drug-likeness (QED) is 0.121. The van der Waals surface area contributed by atoms with Gasteiger partial charge in [0.05, 0.1) is 25.2 Å². The molecule has 4 nitrogen and oxygen atoms in total. The molecule has 4 heterocycles. The van der Waals surface area contributed by atoms with E-state index < -0.39 is 8.07 Å². The molecule has 361 valence electrons. The Bertz CT molecular complexity index is 3080. The van der Waals surface area contributed by atoms with Crippen LogP contribution >= 0.6 is 0 Å². The van der Waals surface area contributed by atoms with Crippen LogP contribution in [-0.4, -0.2) is 23.0 Å². The molecule has 9 aromatic rings. The van der Waals surface area contributed by atoms with Gasteiger partial charge in [0.1, 0.15) is 11.2 Å². The third-order valence-electron chi connectivity index (χ3n) is 13.8. The zero-order valence-electron chi connectivity index (χ0n) is 42.8. The van der Waals surface area contributed by atoms with Crippen LogP contribution in [0.3, 0.4) is 0 Å². The van der Waals surface area contributed by atoms with Crippen LogP contribution in [-0.2, 0) is 38.4 Å². The molecule has 0 spiro atoms. The van der Waals surface area contributed by atoms with Gasteiger partial charge in [0.15, 0.2) is 0 Å². The number of hydrogen-bond donors (Lipinski definition) is 0. The number of nitrogens with zero attached hydrogens (tertiary/aromatic N) is 3. The second kappa shape index (κ2) is 23.4. The summed E-state index contributed by atoms with van der Waals surface area (Å²) >= 11 is 0. The maximum atomic E-state index is 6.49. The first-order chi connectivity index (χ1) is 33.3. The van der Waals surface area contributed by atoms with E-state index in [4.69, 9.17) is 14.4 Å². The Hall–Kier alpha value is -5.78. The van der Waals surface area contributed by atoms with Gasteiger partial charge >= 0.3 is 0 Å². The maximum Gasteiger partial charge on any atom is 0.145 e. The molecule has 0 aliphatic heterocycles. The van der Waals surface area contributed by atoms with E-state index in [0.717, 1.165) is 63.3 Å². The summed E-state index contributed by atoms with van der Waals surface area (Å²) in [6.07, 6.45) is 13.6. The SMILES string of the molecule is CC(C)(c1ccnc(-c2ccc(-c3ccccc3)c3c2oc2ccccc23)c1)C1CCCC1.CC(C)Cc1cc(-c2ccccc2)ncc1[Si](C)(C)C.CC(C)Cc1ccnc(-c2ccccc2)c1.[Ir]. The Morgan fingerprint density at radius 1 is 0.571 bits per heavy atom. The molecule has 0 saturated heterocycles. The Morgan fingerprint density at radius 3 is 1.73 bits per heavy atom. The Morgan fingerprint density at radius 2 is 1.11 bits per heavy atom. The van der Waals surface area contributed by atoms with Crippen LogP contribution in [0.5, 0.6) is 0 Å². The van der Waals surface area contributed by atoms with Crippen LogP contribution in [0.1, 0.15) is 83.9 Å². The van der Waals surface area contributed by atoms with Crippen molar-refractivity contribution in [3.05, 3.63) is 193 Å². The second-order valence-corrected chi connectivity index (χ2v) is 26.5. The zero-order chi connectivity index (χ0) is 48.5. The van der Waals surface area contributed by atoms with E-state index in [9.17, 15) is 0 Å². The summed E-state index contributed by atoms with van der Waals surface area (Å²) in [5.41, 5.74) is 15.2. The number of benzene rings is 5. The fraction of sp³-hybridized carbons (Fsp3) is 0.297. The van der Waals surface area contributed by atoms with E-state index in [1.165, 1.54) is 69.8 Å². The fourth-order valence-electron chi connectivity index (χ4n) is 10.1. The first-order valence-corrected chi connectivity index (χ1v) is 28.8. The number of rotatable bonds is 11. The third kappa shape index (κ3) is 12.6. The van der Waals surface area contributed by atoms with Gasteiger partial charge in [-0.15, -0.1) is 0 Å². The fourth-order valence-corrected chi connectivity index (χ4v) is 11.7. The molecule has 0 N–H and O–H groups in total. The molecule has 0 amide bonds. The third-order valence-corrected chi connectivity index (χ3v) is 15.9. The van der Waals surface area contributed by atoms with E-state index in [-0.39, 0.29) is 25.5 Å². The van der Waals surface area contributed by atoms with Crippen molar-refractivity contribution in [2.75, 3.05) is 0 Å². The van der Waals surface area contributed by atoms with Crippen molar-refractivity contribution in [1.82, 2.24) is 15.0 Å². The number of para-hydroxylation sites is 1. The molecule has 10 rings (SSSR count). The molecule has 5 aromatic carbocycles. The van der Waals surface area contributed by atoms with E-state index in [2.05, 4.69) is 206 Å².